The van der Waals surface area contributed by atoms with E-state index in [1.165, 1.54) is 0 Å². The van der Waals surface area contributed by atoms with E-state index in [1.807, 2.05) is 0 Å². The van der Waals surface area contributed by atoms with Crippen LogP contribution in [0.5, 0.6) is 0 Å². The van der Waals surface area contributed by atoms with Crippen LogP contribution in [0.1, 0.15) is 25.7 Å². The Morgan fingerprint density at radius 3 is 2.67 bits per heavy atom. The summed E-state index contributed by atoms with van der Waals surface area (Å²) in [5, 5.41) is 8.48. The Labute approximate surface area is 54.9 Å². The van der Waals surface area contributed by atoms with E-state index in [0.717, 1.165) is 12.8 Å². The van der Waals surface area contributed by atoms with Crippen molar-refractivity contribution in [1.82, 2.24) is 0 Å². The van der Waals surface area contributed by atoms with Crippen molar-refractivity contribution in [3.8, 4) is 0 Å². The number of rotatable bonds is 2. The lowest BCUT2D eigenvalue weighted by atomic mass is 10.0. The predicted molar refractivity (Wildman–Crippen MR) is 33.9 cm³/mol. The summed E-state index contributed by atoms with van der Waals surface area (Å²) in [4.78, 5) is 0. The number of hydrogen-bond donors (Lipinski definition) is 1. The molecule has 54 valence electrons. The van der Waals surface area contributed by atoms with Crippen LogP contribution in [0.3, 0.4) is 0 Å². The zero-order chi connectivity index (χ0) is 6.69. The summed E-state index contributed by atoms with van der Waals surface area (Å²) in [5.41, 5.74) is 0. The van der Waals surface area contributed by atoms with E-state index >= 15 is 0 Å². The first-order valence-corrected chi connectivity index (χ1v) is 3.59. The smallest absolute Gasteiger partial charge is 0.103 e. The fourth-order valence-corrected chi connectivity index (χ4v) is 1.48. The van der Waals surface area contributed by atoms with E-state index in [2.05, 4.69) is 0 Å². The molecule has 0 amide bonds. The molecular weight excluding hydrogens is 119 g/mol. The highest BCUT2D eigenvalue weighted by atomic mass is 19.1. The van der Waals surface area contributed by atoms with Gasteiger partial charge in [0, 0.05) is 6.61 Å². The zero-order valence-corrected chi connectivity index (χ0v) is 5.52. The number of aliphatic hydroxyl groups excluding tert-OH is 1. The van der Waals surface area contributed by atoms with Crippen LogP contribution in [-0.2, 0) is 0 Å². The minimum Gasteiger partial charge on any atom is -0.396 e. The molecule has 0 aromatic carbocycles. The molecule has 1 rings (SSSR count). The van der Waals surface area contributed by atoms with Gasteiger partial charge in [-0.25, -0.2) is 4.39 Å². The van der Waals surface area contributed by atoms with Crippen LogP contribution in [-0.4, -0.2) is 17.9 Å². The normalized spacial score (nSPS) is 35.3. The first kappa shape index (κ1) is 7.00. The molecule has 1 nitrogen and oxygen atoms in total. The van der Waals surface area contributed by atoms with E-state index in [-0.39, 0.29) is 12.5 Å². The van der Waals surface area contributed by atoms with E-state index < -0.39 is 6.17 Å². The van der Waals surface area contributed by atoms with E-state index in [1.54, 1.807) is 0 Å². The van der Waals surface area contributed by atoms with Gasteiger partial charge in [-0.05, 0) is 25.2 Å². The Hall–Kier alpha value is -0.110. The average Bonchev–Trinajstić information content (AvgIpc) is 2.18. The fraction of sp³-hybridized carbons (Fsp3) is 1.00. The van der Waals surface area contributed by atoms with Gasteiger partial charge in [0.25, 0.3) is 0 Å². The van der Waals surface area contributed by atoms with Crippen LogP contribution < -0.4 is 0 Å². The maximum atomic E-state index is 12.7. The zero-order valence-electron chi connectivity index (χ0n) is 5.52. The quantitative estimate of drug-likeness (QED) is 0.603. The Morgan fingerprint density at radius 2 is 2.22 bits per heavy atom. The summed E-state index contributed by atoms with van der Waals surface area (Å²) in [5.74, 6) is 0.162. The van der Waals surface area contributed by atoms with Gasteiger partial charge >= 0.3 is 0 Å². The molecule has 0 aromatic heterocycles. The molecule has 0 spiro atoms. The largest absolute Gasteiger partial charge is 0.396 e. The second-order valence-corrected chi connectivity index (χ2v) is 2.72. The summed E-state index contributed by atoms with van der Waals surface area (Å²) < 4.78 is 12.7. The van der Waals surface area contributed by atoms with Crippen LogP contribution in [0.2, 0.25) is 0 Å². The highest BCUT2D eigenvalue weighted by molar-refractivity contribution is 4.76. The van der Waals surface area contributed by atoms with Crippen LogP contribution in [0.25, 0.3) is 0 Å². The molecule has 1 fully saturated rings. The molecule has 0 aromatic rings. The van der Waals surface area contributed by atoms with Gasteiger partial charge in [0.1, 0.15) is 6.17 Å². The Bertz CT molecular complexity index is 85.0. The van der Waals surface area contributed by atoms with Crippen molar-refractivity contribution >= 4 is 0 Å². The second kappa shape index (κ2) is 3.16. The molecule has 1 saturated carbocycles. The third kappa shape index (κ3) is 1.65. The molecule has 1 aliphatic carbocycles. The third-order valence-electron chi connectivity index (χ3n) is 2.07. The monoisotopic (exact) mass is 132 g/mol. The molecule has 0 bridgehead atoms. The SMILES string of the molecule is OCCC1CCCC1F. The lowest BCUT2D eigenvalue weighted by Gasteiger charge is -2.08. The van der Waals surface area contributed by atoms with Gasteiger partial charge in [-0.3, -0.25) is 0 Å². The minimum atomic E-state index is -0.628. The summed E-state index contributed by atoms with van der Waals surface area (Å²) in [6, 6.07) is 0. The van der Waals surface area contributed by atoms with Gasteiger partial charge in [0.05, 0.1) is 0 Å². The lowest BCUT2D eigenvalue weighted by molar-refractivity contribution is 0.200. The maximum absolute atomic E-state index is 12.7. The van der Waals surface area contributed by atoms with Crippen LogP contribution >= 0.6 is 0 Å². The van der Waals surface area contributed by atoms with Gasteiger partial charge in [-0.2, -0.15) is 0 Å². The molecular formula is C7H13FO. The highest BCUT2D eigenvalue weighted by Crippen LogP contribution is 2.30. The molecule has 2 heteroatoms. The van der Waals surface area contributed by atoms with Gasteiger partial charge in [-0.1, -0.05) is 6.42 Å². The van der Waals surface area contributed by atoms with Gasteiger partial charge in [-0.15, -0.1) is 0 Å². The minimum absolute atomic E-state index is 0.144. The lowest BCUT2D eigenvalue weighted by Crippen LogP contribution is -2.09. The van der Waals surface area contributed by atoms with Crippen molar-refractivity contribution in [2.45, 2.75) is 31.9 Å². The van der Waals surface area contributed by atoms with Crippen LogP contribution in [0, 0.1) is 5.92 Å². The Balaban J connectivity index is 2.22. The molecule has 0 radical (unpaired) electrons. The van der Waals surface area contributed by atoms with Crippen molar-refractivity contribution in [1.29, 1.82) is 0 Å². The Kier molecular flexibility index (Phi) is 2.46. The standard InChI is InChI=1S/C7H13FO/c8-7-3-1-2-6(7)4-5-9/h6-7,9H,1-5H2. The summed E-state index contributed by atoms with van der Waals surface area (Å²) in [7, 11) is 0. The molecule has 9 heavy (non-hydrogen) atoms. The van der Waals surface area contributed by atoms with Gasteiger partial charge in [0.15, 0.2) is 0 Å². The maximum Gasteiger partial charge on any atom is 0.103 e. The highest BCUT2D eigenvalue weighted by Gasteiger charge is 2.25. The molecule has 1 N–H and O–H groups in total. The van der Waals surface area contributed by atoms with Crippen molar-refractivity contribution in [2.24, 2.45) is 5.92 Å². The van der Waals surface area contributed by atoms with Crippen molar-refractivity contribution < 1.29 is 9.50 Å². The number of aliphatic hydroxyl groups is 1. The van der Waals surface area contributed by atoms with Crippen molar-refractivity contribution in [3.63, 3.8) is 0 Å². The Morgan fingerprint density at radius 1 is 1.44 bits per heavy atom. The topological polar surface area (TPSA) is 20.2 Å². The molecule has 0 heterocycles. The molecule has 1 aliphatic rings. The number of alkyl halides is 1. The average molecular weight is 132 g/mol. The fourth-order valence-electron chi connectivity index (χ4n) is 1.48. The molecule has 2 unspecified atom stereocenters. The van der Waals surface area contributed by atoms with Crippen LogP contribution in [0.15, 0.2) is 0 Å². The van der Waals surface area contributed by atoms with E-state index in [0.29, 0.717) is 12.8 Å². The first-order chi connectivity index (χ1) is 4.34. The van der Waals surface area contributed by atoms with Crippen LogP contribution in [0.4, 0.5) is 4.39 Å². The molecule has 2 atom stereocenters. The summed E-state index contributed by atoms with van der Waals surface area (Å²) in [6.45, 7) is 0.144. The summed E-state index contributed by atoms with van der Waals surface area (Å²) >= 11 is 0. The third-order valence-corrected chi connectivity index (χ3v) is 2.07. The first-order valence-electron chi connectivity index (χ1n) is 3.59. The predicted octanol–water partition coefficient (Wildman–Crippen LogP) is 1.51. The number of hydrogen-bond acceptors (Lipinski definition) is 1. The van der Waals surface area contributed by atoms with E-state index in [4.69, 9.17) is 5.11 Å². The van der Waals surface area contributed by atoms with Gasteiger partial charge < -0.3 is 5.11 Å². The number of halogens is 1. The van der Waals surface area contributed by atoms with Crippen molar-refractivity contribution in [3.05, 3.63) is 0 Å². The van der Waals surface area contributed by atoms with Crippen molar-refractivity contribution in [2.75, 3.05) is 6.61 Å². The molecule has 0 aliphatic heterocycles. The second-order valence-electron chi connectivity index (χ2n) is 2.72. The van der Waals surface area contributed by atoms with E-state index in [9.17, 15) is 4.39 Å². The van der Waals surface area contributed by atoms with Gasteiger partial charge in [0.2, 0.25) is 0 Å². The molecule has 0 saturated heterocycles. The summed E-state index contributed by atoms with van der Waals surface area (Å²) in [6.07, 6.45) is 2.72.